The number of halogens is 1. The van der Waals surface area contributed by atoms with Crippen LogP contribution in [0.5, 0.6) is 0 Å². The minimum Gasteiger partial charge on any atom is -0.392 e. The Labute approximate surface area is 101 Å². The van der Waals surface area contributed by atoms with Gasteiger partial charge in [-0.25, -0.2) is 4.98 Å². The second-order valence-corrected chi connectivity index (χ2v) is 4.90. The van der Waals surface area contributed by atoms with E-state index in [4.69, 9.17) is 16.7 Å². The third-order valence-corrected chi connectivity index (χ3v) is 3.59. The number of nitrogens with zero attached hydrogens (tertiary/aromatic N) is 2. The van der Waals surface area contributed by atoms with Crippen molar-refractivity contribution in [2.75, 3.05) is 11.9 Å². The Morgan fingerprint density at radius 3 is 2.81 bits per heavy atom. The highest BCUT2D eigenvalue weighted by molar-refractivity contribution is 6.33. The second kappa shape index (κ2) is 4.60. The van der Waals surface area contributed by atoms with Gasteiger partial charge in [0.25, 0.3) is 0 Å². The molecule has 1 heterocycles. The summed E-state index contributed by atoms with van der Waals surface area (Å²) in [5.74, 6) is 1.58. The summed E-state index contributed by atoms with van der Waals surface area (Å²) in [5.41, 5.74) is 0.751. The minimum atomic E-state index is -0.0190. The van der Waals surface area contributed by atoms with Gasteiger partial charge < -0.3 is 10.0 Å². The molecule has 1 aromatic heterocycles. The van der Waals surface area contributed by atoms with E-state index in [1.807, 2.05) is 7.05 Å². The molecular formula is C12H17ClN2O. The van der Waals surface area contributed by atoms with Crippen LogP contribution >= 0.6 is 11.6 Å². The molecule has 1 aliphatic carbocycles. The summed E-state index contributed by atoms with van der Waals surface area (Å²) >= 11 is 6.16. The number of pyridine rings is 1. The number of hydrogen-bond donors (Lipinski definition) is 1. The lowest BCUT2D eigenvalue weighted by Crippen LogP contribution is -2.31. The highest BCUT2D eigenvalue weighted by Crippen LogP contribution is 2.37. The zero-order chi connectivity index (χ0) is 11.7. The van der Waals surface area contributed by atoms with Gasteiger partial charge in [0.05, 0.1) is 11.6 Å². The largest absolute Gasteiger partial charge is 0.392 e. The van der Waals surface area contributed by atoms with Crippen molar-refractivity contribution in [3.05, 3.63) is 22.8 Å². The van der Waals surface area contributed by atoms with E-state index in [0.29, 0.717) is 11.1 Å². The smallest absolute Gasteiger partial charge is 0.147 e. The number of aliphatic hydroxyl groups is 1. The first-order chi connectivity index (χ1) is 7.63. The maximum absolute atomic E-state index is 8.99. The van der Waals surface area contributed by atoms with Crippen LogP contribution in [0.2, 0.25) is 5.02 Å². The van der Waals surface area contributed by atoms with Crippen LogP contribution in [0.25, 0.3) is 0 Å². The van der Waals surface area contributed by atoms with Crippen LogP contribution in [-0.2, 0) is 6.61 Å². The fraction of sp³-hybridized carbons (Fsp3) is 0.583. The van der Waals surface area contributed by atoms with E-state index in [1.165, 1.54) is 12.8 Å². The summed E-state index contributed by atoms with van der Waals surface area (Å²) in [4.78, 5) is 6.44. The molecule has 4 heteroatoms. The molecule has 88 valence electrons. The third-order valence-electron chi connectivity index (χ3n) is 3.31. The fourth-order valence-corrected chi connectivity index (χ4v) is 2.23. The lowest BCUT2D eigenvalue weighted by atomic mass is 10.2. The molecule has 0 aliphatic heterocycles. The van der Waals surface area contributed by atoms with Crippen molar-refractivity contribution in [1.82, 2.24) is 4.98 Å². The van der Waals surface area contributed by atoms with Crippen molar-refractivity contribution >= 4 is 17.4 Å². The Hall–Kier alpha value is -0.800. The maximum atomic E-state index is 8.99. The molecule has 1 N–H and O–H groups in total. The van der Waals surface area contributed by atoms with Crippen LogP contribution in [0.3, 0.4) is 0 Å². The molecule has 16 heavy (non-hydrogen) atoms. The van der Waals surface area contributed by atoms with Gasteiger partial charge in [0.2, 0.25) is 0 Å². The predicted octanol–water partition coefficient (Wildman–Crippen LogP) is 2.46. The standard InChI is InChI=1S/C12H17ClN2O/c1-8(10-3-4-10)15(2)12-11(13)5-9(7-16)6-14-12/h5-6,8,10,16H,3-4,7H2,1-2H3. The Morgan fingerprint density at radius 2 is 2.31 bits per heavy atom. The van der Waals surface area contributed by atoms with Crippen LogP contribution in [-0.4, -0.2) is 23.2 Å². The summed E-state index contributed by atoms with van der Waals surface area (Å²) in [6, 6.07) is 2.25. The molecule has 1 aliphatic rings. The van der Waals surface area contributed by atoms with Gasteiger partial charge in [-0.15, -0.1) is 0 Å². The average Bonchev–Trinajstić information content (AvgIpc) is 3.10. The monoisotopic (exact) mass is 240 g/mol. The van der Waals surface area contributed by atoms with Gasteiger partial charge in [-0.1, -0.05) is 11.6 Å². The first kappa shape index (κ1) is 11.7. The van der Waals surface area contributed by atoms with Crippen molar-refractivity contribution in [3.8, 4) is 0 Å². The number of aliphatic hydroxyl groups excluding tert-OH is 1. The van der Waals surface area contributed by atoms with Crippen molar-refractivity contribution < 1.29 is 5.11 Å². The van der Waals surface area contributed by atoms with E-state index in [9.17, 15) is 0 Å². The summed E-state index contributed by atoms with van der Waals surface area (Å²) in [5, 5.41) is 9.60. The van der Waals surface area contributed by atoms with E-state index in [2.05, 4.69) is 16.8 Å². The molecule has 1 aromatic rings. The normalized spacial score (nSPS) is 17.2. The minimum absolute atomic E-state index is 0.0190. The number of anilines is 1. The van der Waals surface area contributed by atoms with Gasteiger partial charge in [0.1, 0.15) is 5.82 Å². The topological polar surface area (TPSA) is 36.4 Å². The van der Waals surface area contributed by atoms with E-state index in [-0.39, 0.29) is 6.61 Å². The van der Waals surface area contributed by atoms with Crippen molar-refractivity contribution in [1.29, 1.82) is 0 Å². The molecule has 0 amide bonds. The molecule has 1 atom stereocenters. The molecular weight excluding hydrogens is 224 g/mol. The summed E-state index contributed by atoms with van der Waals surface area (Å²) < 4.78 is 0. The Morgan fingerprint density at radius 1 is 1.62 bits per heavy atom. The number of aromatic nitrogens is 1. The van der Waals surface area contributed by atoms with E-state index >= 15 is 0 Å². The molecule has 0 aromatic carbocycles. The van der Waals surface area contributed by atoms with E-state index < -0.39 is 0 Å². The second-order valence-electron chi connectivity index (χ2n) is 4.50. The Kier molecular flexibility index (Phi) is 3.36. The predicted molar refractivity (Wildman–Crippen MR) is 65.8 cm³/mol. The molecule has 1 fully saturated rings. The highest BCUT2D eigenvalue weighted by Gasteiger charge is 2.31. The van der Waals surface area contributed by atoms with E-state index in [1.54, 1.807) is 12.3 Å². The molecule has 3 nitrogen and oxygen atoms in total. The van der Waals surface area contributed by atoms with Gasteiger partial charge in [0.15, 0.2) is 0 Å². The van der Waals surface area contributed by atoms with E-state index in [0.717, 1.165) is 17.3 Å². The molecule has 1 unspecified atom stereocenters. The van der Waals surface area contributed by atoms with Gasteiger partial charge in [-0.2, -0.15) is 0 Å². The highest BCUT2D eigenvalue weighted by atomic mass is 35.5. The lowest BCUT2D eigenvalue weighted by molar-refractivity contribution is 0.281. The van der Waals surface area contributed by atoms with Crippen molar-refractivity contribution in [2.45, 2.75) is 32.4 Å². The molecule has 1 saturated carbocycles. The van der Waals surface area contributed by atoms with Gasteiger partial charge in [0, 0.05) is 19.3 Å². The quantitative estimate of drug-likeness (QED) is 0.879. The zero-order valence-corrected chi connectivity index (χ0v) is 10.4. The number of rotatable bonds is 4. The maximum Gasteiger partial charge on any atom is 0.147 e. The summed E-state index contributed by atoms with van der Waals surface area (Å²) in [7, 11) is 2.02. The first-order valence-corrected chi connectivity index (χ1v) is 5.99. The molecule has 0 radical (unpaired) electrons. The third kappa shape index (κ3) is 2.30. The fourth-order valence-electron chi connectivity index (χ4n) is 1.90. The Balaban J connectivity index is 2.18. The van der Waals surface area contributed by atoms with Crippen molar-refractivity contribution in [3.63, 3.8) is 0 Å². The van der Waals surface area contributed by atoms with Crippen LogP contribution in [0.1, 0.15) is 25.3 Å². The molecule has 0 bridgehead atoms. The van der Waals surface area contributed by atoms with Crippen molar-refractivity contribution in [2.24, 2.45) is 5.92 Å². The van der Waals surface area contributed by atoms with Gasteiger partial charge in [-0.3, -0.25) is 0 Å². The van der Waals surface area contributed by atoms with Gasteiger partial charge >= 0.3 is 0 Å². The summed E-state index contributed by atoms with van der Waals surface area (Å²) in [6.07, 6.45) is 4.28. The lowest BCUT2D eigenvalue weighted by Gasteiger charge is -2.26. The average molecular weight is 241 g/mol. The van der Waals surface area contributed by atoms with Crippen LogP contribution in [0.4, 0.5) is 5.82 Å². The Bertz CT molecular complexity index is 379. The molecule has 0 saturated heterocycles. The van der Waals surface area contributed by atoms with Crippen LogP contribution < -0.4 is 4.90 Å². The van der Waals surface area contributed by atoms with Crippen LogP contribution in [0, 0.1) is 5.92 Å². The zero-order valence-electron chi connectivity index (χ0n) is 9.65. The summed E-state index contributed by atoms with van der Waals surface area (Å²) in [6.45, 7) is 2.19. The van der Waals surface area contributed by atoms with Gasteiger partial charge in [-0.05, 0) is 37.3 Å². The number of hydrogen-bond acceptors (Lipinski definition) is 3. The molecule has 0 spiro atoms. The SMILES string of the molecule is CC(C1CC1)N(C)c1ncc(CO)cc1Cl. The van der Waals surface area contributed by atoms with Crippen LogP contribution in [0.15, 0.2) is 12.3 Å². The first-order valence-electron chi connectivity index (χ1n) is 5.61. The molecule has 2 rings (SSSR count).